The molecule has 0 saturated heterocycles. The maximum atomic E-state index is 11.3. The molecule has 1 aliphatic heterocycles. The van der Waals surface area contributed by atoms with Crippen molar-refractivity contribution in [1.82, 2.24) is 9.78 Å². The molecule has 1 aliphatic rings. The third-order valence-electron chi connectivity index (χ3n) is 2.45. The molecule has 82 valence electrons. The second-order valence-corrected chi connectivity index (χ2v) is 6.06. The van der Waals surface area contributed by atoms with E-state index in [1.54, 1.807) is 4.68 Å². The zero-order valence-corrected chi connectivity index (χ0v) is 9.41. The highest BCUT2D eigenvalue weighted by Crippen LogP contribution is 2.28. The van der Waals surface area contributed by atoms with Crippen LogP contribution in [0.25, 0.3) is 0 Å². The number of aldehydes is 1. The van der Waals surface area contributed by atoms with E-state index in [1.807, 2.05) is 13.8 Å². The number of carbonyl (C=O) groups excluding carboxylic acids is 1. The van der Waals surface area contributed by atoms with Crippen molar-refractivity contribution in [1.29, 1.82) is 0 Å². The Bertz CT molecular complexity index is 514. The molecule has 0 atom stereocenters. The maximum absolute atomic E-state index is 11.3. The lowest BCUT2D eigenvalue weighted by Crippen LogP contribution is -2.10. The van der Waals surface area contributed by atoms with Gasteiger partial charge < -0.3 is 0 Å². The third kappa shape index (κ3) is 1.58. The van der Waals surface area contributed by atoms with Gasteiger partial charge in [-0.2, -0.15) is 5.10 Å². The molecule has 0 radical (unpaired) electrons. The molecule has 0 bridgehead atoms. The standard InChI is InChI=1S/C9H12N2O3S/c1-6(2)11-9(3-12)7-4-15(13,14)5-8(7)10-11/h3,6H,4-5H2,1-2H3. The normalized spacial score (nSPS) is 18.1. The van der Waals surface area contributed by atoms with E-state index in [-0.39, 0.29) is 17.5 Å². The first-order valence-electron chi connectivity index (χ1n) is 4.70. The second kappa shape index (κ2) is 3.16. The minimum Gasteiger partial charge on any atom is -0.296 e. The van der Waals surface area contributed by atoms with E-state index in [4.69, 9.17) is 0 Å². The van der Waals surface area contributed by atoms with Gasteiger partial charge in [0.2, 0.25) is 0 Å². The van der Waals surface area contributed by atoms with Gasteiger partial charge in [0.1, 0.15) is 5.69 Å². The van der Waals surface area contributed by atoms with E-state index in [0.717, 1.165) is 0 Å². The fourth-order valence-corrected chi connectivity index (χ4v) is 3.31. The minimum atomic E-state index is -3.07. The molecule has 1 aromatic rings. The molecule has 0 spiro atoms. The monoisotopic (exact) mass is 228 g/mol. The summed E-state index contributed by atoms with van der Waals surface area (Å²) in [6.45, 7) is 3.81. The first-order valence-corrected chi connectivity index (χ1v) is 6.52. The molecule has 2 rings (SSSR count). The number of hydrogen-bond acceptors (Lipinski definition) is 4. The van der Waals surface area contributed by atoms with Gasteiger partial charge in [0.15, 0.2) is 16.1 Å². The van der Waals surface area contributed by atoms with E-state index in [2.05, 4.69) is 5.10 Å². The van der Waals surface area contributed by atoms with Gasteiger partial charge in [0.25, 0.3) is 0 Å². The Morgan fingerprint density at radius 2 is 2.07 bits per heavy atom. The van der Waals surface area contributed by atoms with Crippen molar-refractivity contribution in [2.24, 2.45) is 0 Å². The number of nitrogens with zero attached hydrogens (tertiary/aromatic N) is 2. The summed E-state index contributed by atoms with van der Waals surface area (Å²) in [7, 11) is -3.07. The van der Waals surface area contributed by atoms with E-state index in [9.17, 15) is 13.2 Å². The Balaban J connectivity index is 2.58. The first-order chi connectivity index (χ1) is 6.94. The molecule has 0 aliphatic carbocycles. The van der Waals surface area contributed by atoms with Crippen LogP contribution in [0.2, 0.25) is 0 Å². The van der Waals surface area contributed by atoms with Crippen molar-refractivity contribution >= 4 is 16.1 Å². The Labute approximate surface area is 88.0 Å². The van der Waals surface area contributed by atoms with Gasteiger partial charge >= 0.3 is 0 Å². The van der Waals surface area contributed by atoms with Crippen molar-refractivity contribution in [3.63, 3.8) is 0 Å². The lowest BCUT2D eigenvalue weighted by Gasteiger charge is -2.07. The van der Waals surface area contributed by atoms with Gasteiger partial charge in [-0.25, -0.2) is 8.42 Å². The van der Waals surface area contributed by atoms with Crippen molar-refractivity contribution < 1.29 is 13.2 Å². The molecular weight excluding hydrogens is 216 g/mol. The summed E-state index contributed by atoms with van der Waals surface area (Å²) >= 11 is 0. The topological polar surface area (TPSA) is 69.0 Å². The summed E-state index contributed by atoms with van der Waals surface area (Å²) in [6, 6.07) is 0.0681. The van der Waals surface area contributed by atoms with Crippen LogP contribution in [0.3, 0.4) is 0 Å². The number of fused-ring (bicyclic) bond motifs is 1. The lowest BCUT2D eigenvalue weighted by atomic mass is 10.2. The highest BCUT2D eigenvalue weighted by atomic mass is 32.2. The Kier molecular flexibility index (Phi) is 2.18. The lowest BCUT2D eigenvalue weighted by molar-refractivity contribution is 0.111. The van der Waals surface area contributed by atoms with Gasteiger partial charge in [-0.05, 0) is 13.8 Å². The third-order valence-corrected chi connectivity index (χ3v) is 3.90. The number of sulfone groups is 1. The molecule has 0 N–H and O–H groups in total. The summed E-state index contributed by atoms with van der Waals surface area (Å²) < 4.78 is 24.3. The van der Waals surface area contributed by atoms with Crippen LogP contribution < -0.4 is 0 Å². The molecule has 1 aromatic heterocycles. The van der Waals surface area contributed by atoms with Crippen LogP contribution in [0.15, 0.2) is 0 Å². The predicted octanol–water partition coefficient (Wildman–Crippen LogP) is 0.705. The summed E-state index contributed by atoms with van der Waals surface area (Å²) in [5.41, 5.74) is 1.52. The Morgan fingerprint density at radius 3 is 2.60 bits per heavy atom. The smallest absolute Gasteiger partial charge is 0.168 e. The number of hydrogen-bond donors (Lipinski definition) is 0. The molecule has 5 nitrogen and oxygen atoms in total. The van der Waals surface area contributed by atoms with Crippen LogP contribution in [0.4, 0.5) is 0 Å². The average Bonchev–Trinajstić information content (AvgIpc) is 2.55. The summed E-state index contributed by atoms with van der Waals surface area (Å²) in [4.78, 5) is 10.9. The molecule has 0 amide bonds. The molecule has 0 fully saturated rings. The van der Waals surface area contributed by atoms with Crippen LogP contribution in [0.5, 0.6) is 0 Å². The summed E-state index contributed by atoms with van der Waals surface area (Å²) in [6.07, 6.45) is 0.687. The zero-order chi connectivity index (χ0) is 11.2. The van der Waals surface area contributed by atoms with E-state index in [1.165, 1.54) is 0 Å². The Morgan fingerprint density at radius 1 is 1.40 bits per heavy atom. The highest BCUT2D eigenvalue weighted by molar-refractivity contribution is 7.90. The molecule has 0 unspecified atom stereocenters. The highest BCUT2D eigenvalue weighted by Gasteiger charge is 2.32. The van der Waals surface area contributed by atoms with Gasteiger partial charge in [0.05, 0.1) is 17.2 Å². The van der Waals surface area contributed by atoms with Gasteiger partial charge in [-0.3, -0.25) is 9.48 Å². The van der Waals surface area contributed by atoms with Gasteiger partial charge in [-0.15, -0.1) is 0 Å². The van der Waals surface area contributed by atoms with Crippen LogP contribution in [0.1, 0.15) is 41.6 Å². The van der Waals surface area contributed by atoms with Gasteiger partial charge in [-0.1, -0.05) is 0 Å². The minimum absolute atomic E-state index is 0.0388. The largest absolute Gasteiger partial charge is 0.296 e. The molecule has 0 saturated carbocycles. The zero-order valence-electron chi connectivity index (χ0n) is 8.60. The fourth-order valence-electron chi connectivity index (χ4n) is 1.80. The van der Waals surface area contributed by atoms with Gasteiger partial charge in [0, 0.05) is 11.6 Å². The maximum Gasteiger partial charge on any atom is 0.168 e. The average molecular weight is 228 g/mol. The summed E-state index contributed by atoms with van der Waals surface area (Å²) in [5, 5.41) is 4.16. The number of aromatic nitrogens is 2. The predicted molar refractivity (Wildman–Crippen MR) is 54.3 cm³/mol. The molecule has 15 heavy (non-hydrogen) atoms. The number of carbonyl (C=O) groups is 1. The number of rotatable bonds is 2. The second-order valence-electron chi connectivity index (χ2n) is 4.00. The quantitative estimate of drug-likeness (QED) is 0.699. The van der Waals surface area contributed by atoms with E-state index >= 15 is 0 Å². The molecule has 6 heteroatoms. The SMILES string of the molecule is CC(C)n1nc2c(c1C=O)CS(=O)(=O)C2. The fraction of sp³-hybridized carbons (Fsp3) is 0.556. The van der Waals surface area contributed by atoms with Crippen LogP contribution >= 0.6 is 0 Å². The Hall–Kier alpha value is -1.17. The van der Waals surface area contributed by atoms with Crippen molar-refractivity contribution in [2.45, 2.75) is 31.4 Å². The molecular formula is C9H12N2O3S. The van der Waals surface area contributed by atoms with Crippen LogP contribution in [-0.2, 0) is 21.3 Å². The summed E-state index contributed by atoms with van der Waals surface area (Å²) in [5.74, 6) is -0.0913. The van der Waals surface area contributed by atoms with Crippen LogP contribution in [0, 0.1) is 0 Å². The van der Waals surface area contributed by atoms with Crippen molar-refractivity contribution in [3.05, 3.63) is 17.0 Å². The van der Waals surface area contributed by atoms with Crippen molar-refractivity contribution in [3.8, 4) is 0 Å². The van der Waals surface area contributed by atoms with E-state index < -0.39 is 9.84 Å². The van der Waals surface area contributed by atoms with Crippen molar-refractivity contribution in [2.75, 3.05) is 0 Å². The van der Waals surface area contributed by atoms with E-state index in [0.29, 0.717) is 23.2 Å². The first kappa shape index (κ1) is 10.4. The molecule has 0 aromatic carbocycles. The van der Waals surface area contributed by atoms with Crippen LogP contribution in [-0.4, -0.2) is 24.5 Å². The molecule has 2 heterocycles.